The predicted octanol–water partition coefficient (Wildman–Crippen LogP) is 3.87. The first-order chi connectivity index (χ1) is 14.4. The van der Waals surface area contributed by atoms with Crippen LogP contribution in [0.25, 0.3) is 10.9 Å². The van der Waals surface area contributed by atoms with E-state index < -0.39 is 0 Å². The van der Waals surface area contributed by atoms with Crippen LogP contribution < -0.4 is 20.3 Å². The molecular formula is C23H28FN5O. The molecule has 3 rings (SSSR count). The number of halogens is 1. The third-order valence-corrected chi connectivity index (χ3v) is 4.95. The van der Waals surface area contributed by atoms with Gasteiger partial charge in [0.2, 0.25) is 0 Å². The summed E-state index contributed by atoms with van der Waals surface area (Å²) in [6.07, 6.45) is 0. The van der Waals surface area contributed by atoms with Crippen LogP contribution in [0.4, 0.5) is 10.2 Å². The van der Waals surface area contributed by atoms with Gasteiger partial charge in [-0.2, -0.15) is 0 Å². The zero-order valence-electron chi connectivity index (χ0n) is 18.0. The van der Waals surface area contributed by atoms with E-state index in [9.17, 15) is 4.39 Å². The lowest BCUT2D eigenvalue weighted by molar-refractivity contribution is 0.386. The number of pyridine rings is 1. The summed E-state index contributed by atoms with van der Waals surface area (Å²) in [6, 6.07) is 15.0. The number of fused-ring (bicyclic) bond motifs is 1. The number of benzene rings is 2. The Bertz CT molecular complexity index is 1050. The number of nitrogens with zero attached hydrogens (tertiary/aromatic N) is 3. The zero-order chi connectivity index (χ0) is 21.7. The summed E-state index contributed by atoms with van der Waals surface area (Å²) in [5.41, 5.74) is 2.88. The molecule has 0 fully saturated rings. The van der Waals surface area contributed by atoms with Crippen molar-refractivity contribution >= 4 is 22.7 Å². The van der Waals surface area contributed by atoms with E-state index in [0.717, 1.165) is 27.8 Å². The minimum absolute atomic E-state index is 0.136. The molecule has 2 N–H and O–H groups in total. The number of ether oxygens (including phenoxy) is 1. The van der Waals surface area contributed by atoms with Gasteiger partial charge in [0.25, 0.3) is 0 Å². The molecule has 6 nitrogen and oxygen atoms in total. The summed E-state index contributed by atoms with van der Waals surface area (Å²) in [7, 11) is 7.12. The van der Waals surface area contributed by atoms with Crippen LogP contribution in [0.3, 0.4) is 0 Å². The predicted molar refractivity (Wildman–Crippen MR) is 121 cm³/mol. The molecule has 0 bridgehead atoms. The summed E-state index contributed by atoms with van der Waals surface area (Å²) in [6.45, 7) is 2.54. The van der Waals surface area contributed by atoms with Gasteiger partial charge in [-0.15, -0.1) is 0 Å². The number of nitrogens with one attached hydrogen (secondary N) is 2. The van der Waals surface area contributed by atoms with Crippen molar-refractivity contribution in [2.75, 3.05) is 33.2 Å². The van der Waals surface area contributed by atoms with Crippen LogP contribution in [-0.4, -0.2) is 39.2 Å². The van der Waals surface area contributed by atoms with Crippen LogP contribution in [0.5, 0.6) is 5.75 Å². The van der Waals surface area contributed by atoms with Crippen LogP contribution in [0.1, 0.15) is 24.1 Å². The molecule has 3 aromatic rings. The van der Waals surface area contributed by atoms with Crippen molar-refractivity contribution in [2.24, 2.45) is 4.99 Å². The van der Waals surface area contributed by atoms with E-state index in [4.69, 9.17) is 9.72 Å². The average Bonchev–Trinajstić information content (AvgIpc) is 2.75. The van der Waals surface area contributed by atoms with Gasteiger partial charge in [0.05, 0.1) is 18.7 Å². The number of rotatable bonds is 6. The molecule has 1 atom stereocenters. The van der Waals surface area contributed by atoms with Crippen LogP contribution in [0.2, 0.25) is 0 Å². The fourth-order valence-electron chi connectivity index (χ4n) is 3.22. The number of anilines is 1. The van der Waals surface area contributed by atoms with Gasteiger partial charge in [0, 0.05) is 33.1 Å². The molecule has 0 aliphatic heterocycles. The Hall–Kier alpha value is -3.35. The SMILES string of the molecule is CN=C(NCc1cc(N(C)C)nc2ccccc12)NC(C)c1ccc(OC)c(F)c1. The number of aromatic nitrogens is 1. The number of hydrogen-bond donors (Lipinski definition) is 2. The van der Waals surface area contributed by atoms with Crippen LogP contribution >= 0.6 is 0 Å². The monoisotopic (exact) mass is 409 g/mol. The van der Waals surface area contributed by atoms with Crippen molar-refractivity contribution in [3.63, 3.8) is 0 Å². The normalized spacial score (nSPS) is 12.5. The van der Waals surface area contributed by atoms with Crippen molar-refractivity contribution in [2.45, 2.75) is 19.5 Å². The quantitative estimate of drug-likeness (QED) is 0.478. The Morgan fingerprint density at radius 3 is 2.63 bits per heavy atom. The van der Waals surface area contributed by atoms with Gasteiger partial charge in [0.1, 0.15) is 5.82 Å². The van der Waals surface area contributed by atoms with E-state index in [1.165, 1.54) is 13.2 Å². The van der Waals surface area contributed by atoms with Crippen molar-refractivity contribution in [3.8, 4) is 5.75 Å². The van der Waals surface area contributed by atoms with Gasteiger partial charge in [-0.05, 0) is 42.3 Å². The number of hydrogen-bond acceptors (Lipinski definition) is 4. The van der Waals surface area contributed by atoms with Crippen molar-refractivity contribution in [1.29, 1.82) is 0 Å². The molecule has 1 unspecified atom stereocenters. The Morgan fingerprint density at radius 1 is 1.20 bits per heavy atom. The lowest BCUT2D eigenvalue weighted by atomic mass is 10.1. The van der Waals surface area contributed by atoms with Gasteiger partial charge >= 0.3 is 0 Å². The first-order valence-electron chi connectivity index (χ1n) is 9.79. The van der Waals surface area contributed by atoms with E-state index in [0.29, 0.717) is 12.5 Å². The fourth-order valence-corrected chi connectivity index (χ4v) is 3.22. The van der Waals surface area contributed by atoms with E-state index in [2.05, 4.69) is 27.8 Å². The summed E-state index contributed by atoms with van der Waals surface area (Å²) in [4.78, 5) is 11.0. The maximum atomic E-state index is 14.0. The second-order valence-corrected chi connectivity index (χ2v) is 7.24. The maximum Gasteiger partial charge on any atom is 0.191 e. The van der Waals surface area contributed by atoms with Crippen LogP contribution in [0, 0.1) is 5.82 Å². The minimum Gasteiger partial charge on any atom is -0.494 e. The Morgan fingerprint density at radius 2 is 1.97 bits per heavy atom. The highest BCUT2D eigenvalue weighted by molar-refractivity contribution is 5.85. The van der Waals surface area contributed by atoms with E-state index in [-0.39, 0.29) is 17.6 Å². The molecule has 0 aliphatic carbocycles. The number of aliphatic imine (C=N–C) groups is 1. The summed E-state index contributed by atoms with van der Waals surface area (Å²) < 4.78 is 19.0. The van der Waals surface area contributed by atoms with Gasteiger partial charge in [-0.1, -0.05) is 24.3 Å². The van der Waals surface area contributed by atoms with Crippen LogP contribution in [0.15, 0.2) is 53.5 Å². The first kappa shape index (κ1) is 21.4. The molecule has 0 aliphatic rings. The van der Waals surface area contributed by atoms with Gasteiger partial charge in [-0.3, -0.25) is 4.99 Å². The molecule has 158 valence electrons. The molecule has 30 heavy (non-hydrogen) atoms. The first-order valence-corrected chi connectivity index (χ1v) is 9.79. The van der Waals surface area contributed by atoms with Gasteiger partial charge in [-0.25, -0.2) is 9.37 Å². The summed E-state index contributed by atoms with van der Waals surface area (Å²) in [5, 5.41) is 7.76. The lowest BCUT2D eigenvalue weighted by Crippen LogP contribution is -2.38. The zero-order valence-corrected chi connectivity index (χ0v) is 18.0. The standard InChI is InChI=1S/C23H28FN5O/c1-15(16-10-11-21(30-5)19(24)12-16)27-23(25-2)26-14-17-13-22(29(3)4)28-20-9-7-6-8-18(17)20/h6-13,15H,14H2,1-5H3,(H2,25,26,27). The number of guanidine groups is 1. The summed E-state index contributed by atoms with van der Waals surface area (Å²) >= 11 is 0. The van der Waals surface area contributed by atoms with Gasteiger partial charge in [0.15, 0.2) is 17.5 Å². The summed E-state index contributed by atoms with van der Waals surface area (Å²) in [5.74, 6) is 1.38. The van der Waals surface area contributed by atoms with Crippen molar-refractivity contribution in [1.82, 2.24) is 15.6 Å². The van der Waals surface area contributed by atoms with Crippen molar-refractivity contribution in [3.05, 3.63) is 65.5 Å². The molecule has 0 saturated heterocycles. The molecule has 2 aromatic carbocycles. The van der Waals surface area contributed by atoms with E-state index in [1.807, 2.05) is 50.2 Å². The second-order valence-electron chi connectivity index (χ2n) is 7.24. The Balaban J connectivity index is 1.75. The smallest absolute Gasteiger partial charge is 0.191 e. The Labute approximate surface area is 176 Å². The molecule has 0 amide bonds. The maximum absolute atomic E-state index is 14.0. The van der Waals surface area contributed by atoms with E-state index >= 15 is 0 Å². The largest absolute Gasteiger partial charge is 0.494 e. The van der Waals surface area contributed by atoms with E-state index in [1.54, 1.807) is 13.1 Å². The third kappa shape index (κ3) is 4.79. The minimum atomic E-state index is -0.383. The molecule has 7 heteroatoms. The molecule has 1 heterocycles. The molecule has 1 aromatic heterocycles. The third-order valence-electron chi connectivity index (χ3n) is 4.95. The van der Waals surface area contributed by atoms with Crippen LogP contribution in [-0.2, 0) is 6.54 Å². The fraction of sp³-hybridized carbons (Fsp3) is 0.304. The molecule has 0 saturated carbocycles. The highest BCUT2D eigenvalue weighted by Crippen LogP contribution is 2.23. The second kappa shape index (κ2) is 9.43. The highest BCUT2D eigenvalue weighted by atomic mass is 19.1. The number of methoxy groups -OCH3 is 1. The topological polar surface area (TPSA) is 61.8 Å². The van der Waals surface area contributed by atoms with Crippen molar-refractivity contribution < 1.29 is 9.13 Å². The molecule has 0 spiro atoms. The highest BCUT2D eigenvalue weighted by Gasteiger charge is 2.12. The number of para-hydroxylation sites is 1. The Kier molecular flexibility index (Phi) is 6.72. The average molecular weight is 410 g/mol. The molecular weight excluding hydrogens is 381 g/mol. The van der Waals surface area contributed by atoms with Gasteiger partial charge < -0.3 is 20.3 Å². The molecule has 0 radical (unpaired) electrons. The lowest BCUT2D eigenvalue weighted by Gasteiger charge is -2.20.